The van der Waals surface area contributed by atoms with Crippen molar-refractivity contribution < 1.29 is 0 Å². The lowest BCUT2D eigenvalue weighted by atomic mass is 10.0. The van der Waals surface area contributed by atoms with E-state index in [0.717, 1.165) is 31.7 Å². The summed E-state index contributed by atoms with van der Waals surface area (Å²) in [6.45, 7) is 8.27. The Morgan fingerprint density at radius 1 is 1.39 bits per heavy atom. The fourth-order valence-electron chi connectivity index (χ4n) is 2.03. The molecule has 0 fully saturated rings. The van der Waals surface area contributed by atoms with Crippen LogP contribution < -0.4 is 10.6 Å². The fraction of sp³-hybridized carbons (Fsp3) is 0.571. The van der Waals surface area contributed by atoms with E-state index in [1.807, 2.05) is 0 Å². The van der Waals surface area contributed by atoms with Gasteiger partial charge in [-0.2, -0.15) is 5.26 Å². The average molecular weight is 246 g/mol. The second-order valence-electron chi connectivity index (χ2n) is 4.47. The molecule has 0 spiro atoms. The van der Waals surface area contributed by atoms with Gasteiger partial charge in [0.05, 0.1) is 17.4 Å². The number of rotatable bonds is 6. The molecule has 0 unspecified atom stereocenters. The smallest absolute Gasteiger partial charge is 0.146 e. The highest BCUT2D eigenvalue weighted by Gasteiger charge is 2.15. The van der Waals surface area contributed by atoms with Crippen LogP contribution in [0.2, 0.25) is 0 Å². The molecule has 18 heavy (non-hydrogen) atoms. The summed E-state index contributed by atoms with van der Waals surface area (Å²) in [5, 5.41) is 9.16. The van der Waals surface area contributed by atoms with E-state index in [-0.39, 0.29) is 0 Å². The van der Waals surface area contributed by atoms with Gasteiger partial charge in [-0.3, -0.25) is 0 Å². The van der Waals surface area contributed by atoms with Crippen molar-refractivity contribution >= 4 is 11.5 Å². The summed E-state index contributed by atoms with van der Waals surface area (Å²) in [6.07, 6.45) is 3.90. The van der Waals surface area contributed by atoms with E-state index in [1.165, 1.54) is 0 Å². The molecule has 0 aromatic carbocycles. The van der Waals surface area contributed by atoms with Crippen LogP contribution in [0.15, 0.2) is 12.3 Å². The van der Waals surface area contributed by atoms with Gasteiger partial charge in [0.2, 0.25) is 0 Å². The third-order valence-corrected chi connectivity index (χ3v) is 3.32. The molecule has 98 valence electrons. The monoisotopic (exact) mass is 246 g/mol. The van der Waals surface area contributed by atoms with Gasteiger partial charge in [0.25, 0.3) is 0 Å². The molecule has 1 aromatic rings. The highest BCUT2D eigenvalue weighted by atomic mass is 15.2. The molecular weight excluding hydrogens is 224 g/mol. The third-order valence-electron chi connectivity index (χ3n) is 3.32. The van der Waals surface area contributed by atoms with Gasteiger partial charge >= 0.3 is 0 Å². The van der Waals surface area contributed by atoms with Gasteiger partial charge in [-0.25, -0.2) is 4.98 Å². The van der Waals surface area contributed by atoms with Crippen molar-refractivity contribution in [3.63, 3.8) is 0 Å². The Labute approximate surface area is 109 Å². The van der Waals surface area contributed by atoms with E-state index >= 15 is 0 Å². The summed E-state index contributed by atoms with van der Waals surface area (Å²) in [4.78, 5) is 6.48. The SMILES string of the molecule is CCC(CC)CN(CC)c1ncc(N)cc1C#N. The first-order valence-electron chi connectivity index (χ1n) is 6.56. The van der Waals surface area contributed by atoms with Crippen molar-refractivity contribution in [2.45, 2.75) is 33.6 Å². The number of nitriles is 1. The van der Waals surface area contributed by atoms with Gasteiger partial charge in [-0.15, -0.1) is 0 Å². The molecule has 0 aliphatic rings. The normalized spacial score (nSPS) is 10.4. The minimum Gasteiger partial charge on any atom is -0.397 e. The number of hydrogen-bond donors (Lipinski definition) is 1. The van der Waals surface area contributed by atoms with Crippen LogP contribution in [0.3, 0.4) is 0 Å². The van der Waals surface area contributed by atoms with Crippen LogP contribution in [0.4, 0.5) is 11.5 Å². The molecular formula is C14H22N4. The zero-order chi connectivity index (χ0) is 13.5. The summed E-state index contributed by atoms with van der Waals surface area (Å²) in [6, 6.07) is 3.87. The van der Waals surface area contributed by atoms with Crippen molar-refractivity contribution in [3.8, 4) is 6.07 Å². The molecule has 4 nitrogen and oxygen atoms in total. The van der Waals surface area contributed by atoms with Crippen LogP contribution in [-0.4, -0.2) is 18.1 Å². The molecule has 0 amide bonds. The predicted molar refractivity (Wildman–Crippen MR) is 75.3 cm³/mol. The molecule has 1 rings (SSSR count). The predicted octanol–water partition coefficient (Wildman–Crippen LogP) is 2.80. The van der Waals surface area contributed by atoms with Crippen molar-refractivity contribution in [1.82, 2.24) is 4.98 Å². The summed E-state index contributed by atoms with van der Waals surface area (Å²) in [7, 11) is 0. The van der Waals surface area contributed by atoms with Crippen molar-refractivity contribution in [3.05, 3.63) is 17.8 Å². The van der Waals surface area contributed by atoms with Crippen LogP contribution in [-0.2, 0) is 0 Å². The Morgan fingerprint density at radius 2 is 2.06 bits per heavy atom. The number of nitrogens with zero attached hydrogens (tertiary/aromatic N) is 3. The minimum atomic E-state index is 0.536. The quantitative estimate of drug-likeness (QED) is 0.838. The van der Waals surface area contributed by atoms with Gasteiger partial charge in [0, 0.05) is 13.1 Å². The first-order valence-corrected chi connectivity index (χ1v) is 6.56. The summed E-state index contributed by atoms with van der Waals surface area (Å²) in [5.74, 6) is 1.39. The van der Waals surface area contributed by atoms with Crippen LogP contribution in [0.1, 0.15) is 39.2 Å². The first-order chi connectivity index (χ1) is 8.65. The Bertz CT molecular complexity index is 418. The second-order valence-corrected chi connectivity index (χ2v) is 4.47. The molecule has 0 aliphatic carbocycles. The van der Waals surface area contributed by atoms with E-state index in [0.29, 0.717) is 17.2 Å². The maximum Gasteiger partial charge on any atom is 0.146 e. The zero-order valence-electron chi connectivity index (χ0n) is 11.5. The lowest BCUT2D eigenvalue weighted by Crippen LogP contribution is -2.30. The number of nitrogen functional groups attached to an aromatic ring is 1. The lowest BCUT2D eigenvalue weighted by molar-refractivity contribution is 0.484. The number of aromatic nitrogens is 1. The molecule has 2 N–H and O–H groups in total. The molecule has 1 aromatic heterocycles. The molecule has 0 bridgehead atoms. The molecule has 0 aliphatic heterocycles. The Morgan fingerprint density at radius 3 is 2.56 bits per heavy atom. The average Bonchev–Trinajstić information content (AvgIpc) is 2.41. The highest BCUT2D eigenvalue weighted by molar-refractivity contribution is 5.58. The number of anilines is 2. The maximum absolute atomic E-state index is 9.16. The van der Waals surface area contributed by atoms with E-state index in [9.17, 15) is 0 Å². The largest absolute Gasteiger partial charge is 0.397 e. The van der Waals surface area contributed by atoms with E-state index in [1.54, 1.807) is 12.3 Å². The van der Waals surface area contributed by atoms with Crippen LogP contribution in [0.25, 0.3) is 0 Å². The second kappa shape index (κ2) is 6.85. The number of pyridine rings is 1. The first kappa shape index (κ1) is 14.3. The summed E-state index contributed by atoms with van der Waals surface area (Å²) in [5.41, 5.74) is 6.76. The van der Waals surface area contributed by atoms with Crippen LogP contribution in [0.5, 0.6) is 0 Å². The third kappa shape index (κ3) is 3.36. The van der Waals surface area contributed by atoms with E-state index in [2.05, 4.69) is 36.7 Å². The molecule has 1 heterocycles. The van der Waals surface area contributed by atoms with Crippen LogP contribution >= 0.6 is 0 Å². The molecule has 0 saturated carbocycles. The summed E-state index contributed by atoms with van der Waals surface area (Å²) >= 11 is 0. The van der Waals surface area contributed by atoms with Gasteiger partial charge < -0.3 is 10.6 Å². The Hall–Kier alpha value is -1.76. The van der Waals surface area contributed by atoms with Crippen molar-refractivity contribution in [1.29, 1.82) is 5.26 Å². The number of hydrogen-bond acceptors (Lipinski definition) is 4. The molecule has 0 saturated heterocycles. The van der Waals surface area contributed by atoms with Gasteiger partial charge in [-0.05, 0) is 18.9 Å². The standard InChI is InChI=1S/C14H22N4/c1-4-11(5-2)10-18(6-3)14-12(8-15)7-13(16)9-17-14/h7,9,11H,4-6,10,16H2,1-3H3. The van der Waals surface area contributed by atoms with Crippen molar-refractivity contribution in [2.24, 2.45) is 5.92 Å². The summed E-state index contributed by atoms with van der Waals surface area (Å²) < 4.78 is 0. The van der Waals surface area contributed by atoms with E-state index in [4.69, 9.17) is 11.0 Å². The maximum atomic E-state index is 9.16. The topological polar surface area (TPSA) is 65.9 Å². The Balaban J connectivity index is 2.98. The molecule has 0 radical (unpaired) electrons. The lowest BCUT2D eigenvalue weighted by Gasteiger charge is -2.27. The highest BCUT2D eigenvalue weighted by Crippen LogP contribution is 2.21. The minimum absolute atomic E-state index is 0.536. The molecule has 4 heteroatoms. The van der Waals surface area contributed by atoms with Gasteiger partial charge in [0.1, 0.15) is 11.9 Å². The van der Waals surface area contributed by atoms with Gasteiger partial charge in [-0.1, -0.05) is 26.7 Å². The Kier molecular flexibility index (Phi) is 5.44. The van der Waals surface area contributed by atoms with Crippen molar-refractivity contribution in [2.75, 3.05) is 23.7 Å². The van der Waals surface area contributed by atoms with E-state index < -0.39 is 0 Å². The fourth-order valence-corrected chi connectivity index (χ4v) is 2.03. The van der Waals surface area contributed by atoms with Gasteiger partial charge in [0.15, 0.2) is 0 Å². The zero-order valence-corrected chi connectivity index (χ0v) is 11.5. The van der Waals surface area contributed by atoms with Crippen LogP contribution in [0, 0.1) is 17.2 Å². The molecule has 0 atom stereocenters. The number of nitrogens with two attached hydrogens (primary N) is 1.